The van der Waals surface area contributed by atoms with Gasteiger partial charge in [0.15, 0.2) is 0 Å². The van der Waals surface area contributed by atoms with Crippen molar-refractivity contribution < 1.29 is 9.42 Å². The highest BCUT2D eigenvalue weighted by molar-refractivity contribution is 7.43. The van der Waals surface area contributed by atoms with Gasteiger partial charge in [0.2, 0.25) is 0 Å². The van der Waals surface area contributed by atoms with E-state index in [1.165, 1.54) is 12.8 Å². The Balaban J connectivity index is 2.24. The monoisotopic (exact) mass is 149 g/mol. The van der Waals surface area contributed by atoms with Crippen LogP contribution in [0.2, 0.25) is 0 Å². The Bertz CT molecular complexity index is 85.0. The van der Waals surface area contributed by atoms with Crippen LogP contribution < -0.4 is 0 Å². The summed E-state index contributed by atoms with van der Waals surface area (Å²) in [6, 6.07) is 0. The van der Waals surface area contributed by atoms with Crippen molar-refractivity contribution in [2.45, 2.75) is 12.8 Å². The quantitative estimate of drug-likeness (QED) is 0.593. The summed E-state index contributed by atoms with van der Waals surface area (Å²) >= 11 is 0. The second-order valence-corrected chi connectivity index (χ2v) is 3.53. The molecule has 3 nitrogen and oxygen atoms in total. The maximum atomic E-state index is 9.13. The van der Waals surface area contributed by atoms with E-state index in [-0.39, 0.29) is 0 Å². The fraction of sp³-hybridized carbons (Fsp3) is 1.00. The molecule has 0 radical (unpaired) electrons. The molecule has 0 aliphatic carbocycles. The van der Waals surface area contributed by atoms with Crippen LogP contribution in [0.5, 0.6) is 0 Å². The Morgan fingerprint density at radius 3 is 2.44 bits per heavy atom. The summed E-state index contributed by atoms with van der Waals surface area (Å²) in [5, 5.41) is 0. The SMILES string of the molecule is COP(O)N1CCCC1. The van der Waals surface area contributed by atoms with E-state index in [2.05, 4.69) is 0 Å². The lowest BCUT2D eigenvalue weighted by molar-refractivity contribution is 0.324. The van der Waals surface area contributed by atoms with Crippen molar-refractivity contribution in [3.05, 3.63) is 0 Å². The topological polar surface area (TPSA) is 32.7 Å². The molecule has 0 aromatic rings. The normalized spacial score (nSPS) is 24.7. The van der Waals surface area contributed by atoms with Crippen LogP contribution in [0.1, 0.15) is 12.8 Å². The highest BCUT2D eigenvalue weighted by Gasteiger charge is 2.19. The van der Waals surface area contributed by atoms with Gasteiger partial charge >= 0.3 is 0 Å². The molecule has 54 valence electrons. The zero-order valence-electron chi connectivity index (χ0n) is 5.58. The number of nitrogens with zero attached hydrogens (tertiary/aromatic N) is 1. The zero-order valence-corrected chi connectivity index (χ0v) is 6.47. The molecule has 1 N–H and O–H groups in total. The maximum absolute atomic E-state index is 9.13. The highest BCUT2D eigenvalue weighted by atomic mass is 31.2. The van der Waals surface area contributed by atoms with Crippen molar-refractivity contribution in [1.29, 1.82) is 0 Å². The van der Waals surface area contributed by atoms with Gasteiger partial charge in [0.1, 0.15) is 0 Å². The summed E-state index contributed by atoms with van der Waals surface area (Å²) in [6.45, 7) is 1.99. The van der Waals surface area contributed by atoms with E-state index in [1.54, 1.807) is 7.11 Å². The molecule has 4 heteroatoms. The van der Waals surface area contributed by atoms with Gasteiger partial charge < -0.3 is 9.42 Å². The van der Waals surface area contributed by atoms with Crippen molar-refractivity contribution in [1.82, 2.24) is 4.67 Å². The molecule has 0 saturated carbocycles. The Morgan fingerprint density at radius 1 is 1.44 bits per heavy atom. The van der Waals surface area contributed by atoms with E-state index >= 15 is 0 Å². The van der Waals surface area contributed by atoms with Crippen molar-refractivity contribution in [3.63, 3.8) is 0 Å². The lowest BCUT2D eigenvalue weighted by atomic mass is 10.4. The van der Waals surface area contributed by atoms with Crippen LogP contribution in [0.15, 0.2) is 0 Å². The highest BCUT2D eigenvalue weighted by Crippen LogP contribution is 2.37. The smallest absolute Gasteiger partial charge is 0.255 e. The Hall–Kier alpha value is 0.310. The first-order valence-corrected chi connectivity index (χ1v) is 4.29. The lowest BCUT2D eigenvalue weighted by Crippen LogP contribution is -2.12. The fourth-order valence-electron chi connectivity index (χ4n) is 0.987. The van der Waals surface area contributed by atoms with Gasteiger partial charge in [0.25, 0.3) is 8.53 Å². The van der Waals surface area contributed by atoms with E-state index in [0.717, 1.165) is 13.1 Å². The minimum Gasteiger partial charge on any atom is -0.338 e. The number of hydrogen-bond donors (Lipinski definition) is 1. The molecule has 1 heterocycles. The van der Waals surface area contributed by atoms with Gasteiger partial charge in [-0.3, -0.25) is 0 Å². The third-order valence-corrected chi connectivity index (χ3v) is 2.70. The van der Waals surface area contributed by atoms with Gasteiger partial charge in [-0.15, -0.1) is 0 Å². The largest absolute Gasteiger partial charge is 0.338 e. The molecule has 1 fully saturated rings. The van der Waals surface area contributed by atoms with Crippen molar-refractivity contribution in [2.24, 2.45) is 0 Å². The minimum atomic E-state index is -1.25. The molecule has 0 aromatic heterocycles. The second kappa shape index (κ2) is 3.47. The van der Waals surface area contributed by atoms with Crippen LogP contribution in [0, 0.1) is 0 Å². The maximum Gasteiger partial charge on any atom is 0.255 e. The molecular weight excluding hydrogens is 137 g/mol. The van der Waals surface area contributed by atoms with E-state index in [0.29, 0.717) is 0 Å². The van der Waals surface area contributed by atoms with Crippen LogP contribution in [-0.4, -0.2) is 29.8 Å². The van der Waals surface area contributed by atoms with Crippen molar-refractivity contribution in [2.75, 3.05) is 20.2 Å². The van der Waals surface area contributed by atoms with Crippen LogP contribution >= 0.6 is 8.53 Å². The summed E-state index contributed by atoms with van der Waals surface area (Å²) in [6.07, 6.45) is 2.39. The average Bonchev–Trinajstić information content (AvgIpc) is 2.37. The Labute approximate surface area is 56.6 Å². The van der Waals surface area contributed by atoms with E-state index in [4.69, 9.17) is 9.42 Å². The second-order valence-electron chi connectivity index (χ2n) is 2.10. The molecule has 0 bridgehead atoms. The zero-order chi connectivity index (χ0) is 6.69. The fourth-order valence-corrected chi connectivity index (χ4v) is 1.84. The van der Waals surface area contributed by atoms with Gasteiger partial charge in [-0.05, 0) is 12.8 Å². The predicted molar refractivity (Wildman–Crippen MR) is 37.0 cm³/mol. The molecule has 0 spiro atoms. The molecule has 1 aliphatic rings. The summed E-state index contributed by atoms with van der Waals surface area (Å²) in [4.78, 5) is 9.13. The molecule has 1 rings (SSSR count). The first kappa shape index (κ1) is 7.42. The minimum absolute atomic E-state index is 0.996. The average molecular weight is 149 g/mol. The molecule has 1 aliphatic heterocycles. The van der Waals surface area contributed by atoms with Crippen molar-refractivity contribution >= 4 is 8.53 Å². The van der Waals surface area contributed by atoms with Gasteiger partial charge in [-0.1, -0.05) is 0 Å². The van der Waals surface area contributed by atoms with Crippen LogP contribution in [0.4, 0.5) is 0 Å². The molecule has 9 heavy (non-hydrogen) atoms. The predicted octanol–water partition coefficient (Wildman–Crippen LogP) is 0.948. The van der Waals surface area contributed by atoms with Crippen LogP contribution in [0.25, 0.3) is 0 Å². The first-order valence-electron chi connectivity index (χ1n) is 3.12. The summed E-state index contributed by atoms with van der Waals surface area (Å²) in [5.41, 5.74) is 0. The molecule has 0 amide bonds. The van der Waals surface area contributed by atoms with Gasteiger partial charge in [0, 0.05) is 20.2 Å². The summed E-state index contributed by atoms with van der Waals surface area (Å²) < 4.78 is 6.76. The van der Waals surface area contributed by atoms with Gasteiger partial charge in [0.05, 0.1) is 0 Å². The lowest BCUT2D eigenvalue weighted by Gasteiger charge is -2.17. The Morgan fingerprint density at radius 2 is 2.00 bits per heavy atom. The van der Waals surface area contributed by atoms with Crippen molar-refractivity contribution in [3.8, 4) is 0 Å². The summed E-state index contributed by atoms with van der Waals surface area (Å²) in [7, 11) is 0.300. The third-order valence-electron chi connectivity index (χ3n) is 1.49. The van der Waals surface area contributed by atoms with E-state index in [1.807, 2.05) is 4.67 Å². The Kier molecular flexibility index (Phi) is 2.86. The third kappa shape index (κ3) is 1.87. The molecule has 1 unspecified atom stereocenters. The molecule has 0 aromatic carbocycles. The molecule has 1 atom stereocenters. The van der Waals surface area contributed by atoms with Gasteiger partial charge in [-0.2, -0.15) is 0 Å². The molecule has 1 saturated heterocycles. The van der Waals surface area contributed by atoms with Crippen LogP contribution in [-0.2, 0) is 4.52 Å². The number of hydrogen-bond acceptors (Lipinski definition) is 3. The van der Waals surface area contributed by atoms with E-state index in [9.17, 15) is 0 Å². The first-order chi connectivity index (χ1) is 4.34. The summed E-state index contributed by atoms with van der Waals surface area (Å²) in [5.74, 6) is 0. The number of rotatable bonds is 2. The molecular formula is C5H12NO2P. The standard InChI is InChI=1S/C5H12NO2P/c1-8-9(7)6-4-2-3-5-6/h7H,2-5H2,1H3. The van der Waals surface area contributed by atoms with E-state index < -0.39 is 8.53 Å². The van der Waals surface area contributed by atoms with Crippen LogP contribution in [0.3, 0.4) is 0 Å². The van der Waals surface area contributed by atoms with Gasteiger partial charge in [-0.25, -0.2) is 4.67 Å².